The number of para-hydroxylation sites is 1. The molecule has 0 fully saturated rings. The number of halogens is 1. The third-order valence-corrected chi connectivity index (χ3v) is 2.57. The van der Waals surface area contributed by atoms with Gasteiger partial charge in [-0.15, -0.1) is 0 Å². The summed E-state index contributed by atoms with van der Waals surface area (Å²) in [5.74, 6) is 3.66. The molecule has 0 aliphatic heterocycles. The average Bonchev–Trinajstić information content (AvgIpc) is 2.37. The Labute approximate surface area is 116 Å². The Kier molecular flexibility index (Phi) is 5.45. The number of hydrogen-bond donors (Lipinski definition) is 4. The van der Waals surface area contributed by atoms with Crippen molar-refractivity contribution in [1.29, 1.82) is 0 Å². The highest BCUT2D eigenvalue weighted by Gasteiger charge is 2.20. The molecule has 20 heavy (non-hydrogen) atoms. The first kappa shape index (κ1) is 15.9. The largest absolute Gasteiger partial charge is 0.352 e. The highest BCUT2D eigenvalue weighted by atomic mass is 19.1. The molecule has 0 aromatic heterocycles. The summed E-state index contributed by atoms with van der Waals surface area (Å²) >= 11 is 0. The van der Waals surface area contributed by atoms with Crippen molar-refractivity contribution < 1.29 is 14.0 Å². The predicted octanol–water partition coefficient (Wildman–Crippen LogP) is 0.754. The lowest BCUT2D eigenvalue weighted by molar-refractivity contribution is -0.123. The van der Waals surface area contributed by atoms with Crippen LogP contribution in [0.3, 0.4) is 0 Å². The van der Waals surface area contributed by atoms with E-state index in [2.05, 4.69) is 16.1 Å². The lowest BCUT2D eigenvalue weighted by Gasteiger charge is -2.17. The molecule has 1 aromatic rings. The number of amides is 2. The quantitative estimate of drug-likeness (QED) is 0.473. The summed E-state index contributed by atoms with van der Waals surface area (Å²) in [5, 5.41) is 5.16. The molecule has 0 heterocycles. The normalized spacial score (nSPS) is 11.9. The number of benzene rings is 1. The van der Waals surface area contributed by atoms with E-state index in [-0.39, 0.29) is 23.2 Å². The molecule has 5 N–H and O–H groups in total. The molecule has 0 saturated carbocycles. The zero-order valence-electron chi connectivity index (χ0n) is 11.7. The predicted molar refractivity (Wildman–Crippen MR) is 74.4 cm³/mol. The van der Waals surface area contributed by atoms with Crippen LogP contribution in [0.4, 0.5) is 10.1 Å². The van der Waals surface area contributed by atoms with Gasteiger partial charge in [-0.25, -0.2) is 4.39 Å². The molecule has 1 rings (SSSR count). The molecular weight excluding hydrogens is 263 g/mol. The second-order valence-corrected chi connectivity index (χ2v) is 4.67. The van der Waals surface area contributed by atoms with E-state index in [0.29, 0.717) is 0 Å². The second-order valence-electron chi connectivity index (χ2n) is 4.67. The molecule has 0 aliphatic rings. The highest BCUT2D eigenvalue weighted by Crippen LogP contribution is 2.18. The van der Waals surface area contributed by atoms with Crippen LogP contribution >= 0.6 is 0 Å². The Hall–Kier alpha value is -2.15. The monoisotopic (exact) mass is 282 g/mol. The third-order valence-electron chi connectivity index (χ3n) is 2.57. The van der Waals surface area contributed by atoms with Crippen LogP contribution in [-0.2, 0) is 4.79 Å². The molecule has 6 nitrogen and oxygen atoms in total. The van der Waals surface area contributed by atoms with Crippen molar-refractivity contribution in [2.45, 2.75) is 32.9 Å². The molecule has 110 valence electrons. The number of carbonyl (C=O) groups is 2. The number of hydrazine groups is 1. The zero-order valence-corrected chi connectivity index (χ0v) is 11.7. The SMILES string of the molecule is CC(C)NC(=O)C(C)NC(=O)c1cccc(F)c1NN. The maximum atomic E-state index is 13.5. The first-order chi connectivity index (χ1) is 9.36. The van der Waals surface area contributed by atoms with Crippen LogP contribution in [0, 0.1) is 5.82 Å². The van der Waals surface area contributed by atoms with E-state index >= 15 is 0 Å². The van der Waals surface area contributed by atoms with Gasteiger partial charge in [0.2, 0.25) is 5.91 Å². The van der Waals surface area contributed by atoms with Crippen molar-refractivity contribution in [2.24, 2.45) is 5.84 Å². The van der Waals surface area contributed by atoms with E-state index < -0.39 is 17.8 Å². The fourth-order valence-corrected chi connectivity index (χ4v) is 1.61. The van der Waals surface area contributed by atoms with E-state index in [1.165, 1.54) is 18.2 Å². The number of nitrogens with two attached hydrogens (primary N) is 1. The topological polar surface area (TPSA) is 96.2 Å². The molecule has 0 spiro atoms. The molecule has 1 unspecified atom stereocenters. The summed E-state index contributed by atoms with van der Waals surface area (Å²) < 4.78 is 13.5. The minimum atomic E-state index is -0.737. The standard InChI is InChI=1S/C13H19FN4O2/c1-7(2)16-12(19)8(3)17-13(20)9-5-4-6-10(14)11(9)18-15/h4-8,18H,15H2,1-3H3,(H,16,19)(H,17,20). The molecule has 0 bridgehead atoms. The van der Waals surface area contributed by atoms with Crippen LogP contribution in [0.25, 0.3) is 0 Å². The molecule has 7 heteroatoms. The lowest BCUT2D eigenvalue weighted by Crippen LogP contribution is -2.46. The Morgan fingerprint density at radius 2 is 1.85 bits per heavy atom. The summed E-state index contributed by atoms with van der Waals surface area (Å²) in [7, 11) is 0. The Morgan fingerprint density at radius 3 is 2.40 bits per heavy atom. The highest BCUT2D eigenvalue weighted by molar-refractivity contribution is 6.01. The first-order valence-corrected chi connectivity index (χ1v) is 6.23. The van der Waals surface area contributed by atoms with E-state index in [1.807, 2.05) is 13.8 Å². The minimum Gasteiger partial charge on any atom is -0.352 e. The fraction of sp³-hybridized carbons (Fsp3) is 0.385. The van der Waals surface area contributed by atoms with Gasteiger partial charge in [-0.2, -0.15) is 0 Å². The third kappa shape index (κ3) is 3.92. The van der Waals surface area contributed by atoms with Crippen molar-refractivity contribution in [3.8, 4) is 0 Å². The number of nitrogens with one attached hydrogen (secondary N) is 3. The molecule has 1 aromatic carbocycles. The summed E-state index contributed by atoms with van der Waals surface area (Å²) in [5.41, 5.74) is 2.07. The number of anilines is 1. The zero-order chi connectivity index (χ0) is 15.3. The molecule has 2 amide bonds. The average molecular weight is 282 g/mol. The van der Waals surface area contributed by atoms with Gasteiger partial charge in [0.15, 0.2) is 0 Å². The van der Waals surface area contributed by atoms with Crippen molar-refractivity contribution in [3.05, 3.63) is 29.6 Å². The second kappa shape index (κ2) is 6.85. The van der Waals surface area contributed by atoms with Gasteiger partial charge in [0, 0.05) is 6.04 Å². The van der Waals surface area contributed by atoms with Crippen LogP contribution in [0.2, 0.25) is 0 Å². The smallest absolute Gasteiger partial charge is 0.254 e. The van der Waals surface area contributed by atoms with Gasteiger partial charge in [0.25, 0.3) is 5.91 Å². The van der Waals surface area contributed by atoms with Gasteiger partial charge < -0.3 is 16.1 Å². The Balaban J connectivity index is 2.82. The maximum absolute atomic E-state index is 13.5. The lowest BCUT2D eigenvalue weighted by atomic mass is 10.1. The van der Waals surface area contributed by atoms with Gasteiger partial charge in [0.05, 0.1) is 11.3 Å². The van der Waals surface area contributed by atoms with E-state index in [4.69, 9.17) is 5.84 Å². The molecule has 0 radical (unpaired) electrons. The van der Waals surface area contributed by atoms with E-state index in [9.17, 15) is 14.0 Å². The number of rotatable bonds is 5. The van der Waals surface area contributed by atoms with Crippen molar-refractivity contribution >= 4 is 17.5 Å². The van der Waals surface area contributed by atoms with Crippen LogP contribution < -0.4 is 21.9 Å². The van der Waals surface area contributed by atoms with Gasteiger partial charge in [-0.1, -0.05) is 6.07 Å². The van der Waals surface area contributed by atoms with Crippen LogP contribution in [0.1, 0.15) is 31.1 Å². The number of hydrogen-bond acceptors (Lipinski definition) is 4. The Bertz CT molecular complexity index is 505. The van der Waals surface area contributed by atoms with Crippen molar-refractivity contribution in [1.82, 2.24) is 10.6 Å². The van der Waals surface area contributed by atoms with Crippen LogP contribution in [-0.4, -0.2) is 23.9 Å². The number of carbonyl (C=O) groups excluding carboxylic acids is 2. The van der Waals surface area contributed by atoms with Gasteiger partial charge in [-0.3, -0.25) is 15.4 Å². The van der Waals surface area contributed by atoms with E-state index in [1.54, 1.807) is 6.92 Å². The molecule has 0 saturated heterocycles. The van der Waals surface area contributed by atoms with Crippen molar-refractivity contribution in [2.75, 3.05) is 5.43 Å². The van der Waals surface area contributed by atoms with Gasteiger partial charge in [-0.05, 0) is 32.9 Å². The maximum Gasteiger partial charge on any atom is 0.254 e. The summed E-state index contributed by atoms with van der Waals surface area (Å²) in [6, 6.07) is 3.22. The summed E-state index contributed by atoms with van der Waals surface area (Å²) in [6.45, 7) is 5.18. The first-order valence-electron chi connectivity index (χ1n) is 6.23. The summed E-state index contributed by atoms with van der Waals surface area (Å²) in [6.07, 6.45) is 0. The van der Waals surface area contributed by atoms with E-state index in [0.717, 1.165) is 0 Å². The molecule has 1 atom stereocenters. The molecular formula is C13H19FN4O2. The van der Waals surface area contributed by atoms with Crippen molar-refractivity contribution in [3.63, 3.8) is 0 Å². The summed E-state index contributed by atoms with van der Waals surface area (Å²) in [4.78, 5) is 23.7. The molecule has 0 aliphatic carbocycles. The van der Waals surface area contributed by atoms with Gasteiger partial charge >= 0.3 is 0 Å². The minimum absolute atomic E-state index is 0.0303. The Morgan fingerprint density at radius 1 is 1.20 bits per heavy atom. The number of nitrogen functional groups attached to an aromatic ring is 1. The van der Waals surface area contributed by atoms with Crippen LogP contribution in [0.15, 0.2) is 18.2 Å². The fourth-order valence-electron chi connectivity index (χ4n) is 1.61. The van der Waals surface area contributed by atoms with Gasteiger partial charge in [0.1, 0.15) is 11.9 Å². The van der Waals surface area contributed by atoms with Crippen LogP contribution in [0.5, 0.6) is 0 Å².